The Labute approximate surface area is 191 Å². The van der Waals surface area contributed by atoms with Crippen LogP contribution < -0.4 is 15.4 Å². The third-order valence-electron chi connectivity index (χ3n) is 4.33. The molecular weight excluding hydrogens is 426 g/mol. The van der Waals surface area contributed by atoms with Crippen molar-refractivity contribution in [2.24, 2.45) is 0 Å². The van der Waals surface area contributed by atoms with E-state index in [9.17, 15) is 14.9 Å². The summed E-state index contributed by atoms with van der Waals surface area (Å²) in [6, 6.07) is 22.9. The molecule has 0 bridgehead atoms. The Morgan fingerprint density at radius 1 is 1.03 bits per heavy atom. The smallest absolute Gasteiger partial charge is 0.266 e. The molecule has 0 aromatic heterocycles. The van der Waals surface area contributed by atoms with E-state index < -0.39 is 5.91 Å². The van der Waals surface area contributed by atoms with E-state index in [1.165, 1.54) is 6.08 Å². The highest BCUT2D eigenvalue weighted by atomic mass is 35.5. The number of carbonyl (C=O) groups excluding carboxylic acids is 2. The maximum atomic E-state index is 12.5. The number of nitrogens with zero attached hydrogens (tertiary/aromatic N) is 1. The molecule has 0 heterocycles. The Morgan fingerprint density at radius 2 is 1.81 bits per heavy atom. The third-order valence-corrected chi connectivity index (χ3v) is 4.66. The first-order valence-electron chi connectivity index (χ1n) is 9.71. The van der Waals surface area contributed by atoms with Gasteiger partial charge >= 0.3 is 0 Å². The van der Waals surface area contributed by atoms with Crippen molar-refractivity contribution >= 4 is 40.9 Å². The second-order valence-electron chi connectivity index (χ2n) is 6.88. The normalized spacial score (nSPS) is 10.7. The molecule has 0 fully saturated rings. The number of nitrogens with one attached hydrogen (secondary N) is 2. The van der Waals surface area contributed by atoms with Crippen molar-refractivity contribution in [3.05, 3.63) is 94.5 Å². The zero-order chi connectivity index (χ0) is 22.9. The predicted molar refractivity (Wildman–Crippen MR) is 125 cm³/mol. The van der Waals surface area contributed by atoms with Gasteiger partial charge in [-0.2, -0.15) is 5.26 Å². The van der Waals surface area contributed by atoms with E-state index in [0.29, 0.717) is 27.7 Å². The number of rotatable bonds is 7. The van der Waals surface area contributed by atoms with Gasteiger partial charge in [-0.15, -0.1) is 0 Å². The lowest BCUT2D eigenvalue weighted by atomic mass is 10.1. The molecule has 0 aliphatic heterocycles. The van der Waals surface area contributed by atoms with Crippen LogP contribution in [0.4, 0.5) is 11.4 Å². The van der Waals surface area contributed by atoms with Crippen LogP contribution >= 0.6 is 11.6 Å². The number of para-hydroxylation sites is 1. The first-order valence-corrected chi connectivity index (χ1v) is 10.1. The summed E-state index contributed by atoms with van der Waals surface area (Å²) in [4.78, 5) is 24.6. The molecule has 6 nitrogen and oxygen atoms in total. The van der Waals surface area contributed by atoms with Gasteiger partial charge < -0.3 is 15.4 Å². The molecule has 0 saturated heterocycles. The number of hydrogen-bond acceptors (Lipinski definition) is 4. The molecule has 160 valence electrons. The van der Waals surface area contributed by atoms with Crippen LogP contribution in [0.15, 0.2) is 78.4 Å². The number of halogens is 1. The molecule has 2 N–H and O–H groups in total. The largest absolute Gasteiger partial charge is 0.484 e. The van der Waals surface area contributed by atoms with Gasteiger partial charge in [0.1, 0.15) is 17.4 Å². The van der Waals surface area contributed by atoms with Crippen LogP contribution in [0, 0.1) is 18.3 Å². The molecule has 0 aliphatic carbocycles. The minimum absolute atomic E-state index is 0.0554. The SMILES string of the molecule is Cc1cccc(NC(=O)/C(C#N)=C/c2cccc(OCC(=O)Nc3ccccc3Cl)c2)c1. The van der Waals surface area contributed by atoms with Gasteiger partial charge in [0.05, 0.1) is 10.7 Å². The van der Waals surface area contributed by atoms with Crippen molar-refractivity contribution in [1.29, 1.82) is 5.26 Å². The monoisotopic (exact) mass is 445 g/mol. The number of carbonyl (C=O) groups is 2. The highest BCUT2D eigenvalue weighted by Gasteiger charge is 2.11. The Kier molecular flexibility index (Phi) is 7.63. The van der Waals surface area contributed by atoms with Crippen molar-refractivity contribution in [3.8, 4) is 11.8 Å². The van der Waals surface area contributed by atoms with Gasteiger partial charge in [0.25, 0.3) is 11.8 Å². The fourth-order valence-electron chi connectivity index (χ4n) is 2.83. The number of amides is 2. The number of aryl methyl sites for hydroxylation is 1. The minimum atomic E-state index is -0.511. The van der Waals surface area contributed by atoms with E-state index in [2.05, 4.69) is 10.6 Å². The van der Waals surface area contributed by atoms with E-state index in [1.807, 2.05) is 31.2 Å². The zero-order valence-corrected chi connectivity index (χ0v) is 18.0. The van der Waals surface area contributed by atoms with Crippen LogP contribution in [0.25, 0.3) is 6.08 Å². The molecule has 0 aliphatic rings. The molecule has 2 amide bonds. The first kappa shape index (κ1) is 22.6. The number of ether oxygens (including phenoxy) is 1. The quantitative estimate of drug-likeness (QED) is 0.385. The molecule has 3 aromatic carbocycles. The highest BCUT2D eigenvalue weighted by molar-refractivity contribution is 6.33. The van der Waals surface area contributed by atoms with E-state index in [-0.39, 0.29) is 18.1 Å². The predicted octanol–water partition coefficient (Wildman–Crippen LogP) is 5.21. The van der Waals surface area contributed by atoms with E-state index in [0.717, 1.165) is 5.56 Å². The van der Waals surface area contributed by atoms with Gasteiger partial charge in [-0.3, -0.25) is 9.59 Å². The molecule has 3 aromatic rings. The molecule has 0 unspecified atom stereocenters. The van der Waals surface area contributed by atoms with E-state index >= 15 is 0 Å². The van der Waals surface area contributed by atoms with E-state index in [4.69, 9.17) is 16.3 Å². The number of benzene rings is 3. The summed E-state index contributed by atoms with van der Waals surface area (Å²) in [5.74, 6) is -0.456. The lowest BCUT2D eigenvalue weighted by molar-refractivity contribution is -0.118. The van der Waals surface area contributed by atoms with Gasteiger partial charge in [-0.1, -0.05) is 48.0 Å². The lowest BCUT2D eigenvalue weighted by Crippen LogP contribution is -2.20. The average Bonchev–Trinajstić information content (AvgIpc) is 2.78. The van der Waals surface area contributed by atoms with Crippen LogP contribution in [0.3, 0.4) is 0 Å². The Bertz CT molecular complexity index is 1210. The molecule has 3 rings (SSSR count). The molecular formula is C25H20ClN3O3. The second-order valence-corrected chi connectivity index (χ2v) is 7.29. The fourth-order valence-corrected chi connectivity index (χ4v) is 3.01. The minimum Gasteiger partial charge on any atom is -0.484 e. The van der Waals surface area contributed by atoms with Gasteiger partial charge in [0, 0.05) is 5.69 Å². The maximum Gasteiger partial charge on any atom is 0.266 e. The van der Waals surface area contributed by atoms with Crippen molar-refractivity contribution in [1.82, 2.24) is 0 Å². The number of hydrogen-bond donors (Lipinski definition) is 2. The van der Waals surface area contributed by atoms with Crippen molar-refractivity contribution in [3.63, 3.8) is 0 Å². The molecule has 0 saturated carbocycles. The lowest BCUT2D eigenvalue weighted by Gasteiger charge is -2.09. The van der Waals surface area contributed by atoms with Crippen LogP contribution in [0.5, 0.6) is 5.75 Å². The van der Waals surface area contributed by atoms with Gasteiger partial charge in [-0.05, 0) is 60.5 Å². The fraction of sp³-hybridized carbons (Fsp3) is 0.0800. The van der Waals surface area contributed by atoms with Crippen LogP contribution in [-0.4, -0.2) is 18.4 Å². The summed E-state index contributed by atoms with van der Waals surface area (Å²) >= 11 is 6.03. The average molecular weight is 446 g/mol. The molecule has 0 atom stereocenters. The molecule has 7 heteroatoms. The standard InChI is InChI=1S/C25H20ClN3O3/c1-17-6-4-8-20(12-17)28-25(31)19(15-27)13-18-7-5-9-21(14-18)32-16-24(30)29-23-11-3-2-10-22(23)26/h2-14H,16H2,1H3,(H,28,31)(H,29,30)/b19-13+. The van der Waals surface area contributed by atoms with Crippen LogP contribution in [0.2, 0.25) is 5.02 Å². The van der Waals surface area contributed by atoms with Crippen LogP contribution in [-0.2, 0) is 9.59 Å². The van der Waals surface area contributed by atoms with Gasteiger partial charge in [0.15, 0.2) is 6.61 Å². The molecule has 32 heavy (non-hydrogen) atoms. The maximum absolute atomic E-state index is 12.5. The summed E-state index contributed by atoms with van der Waals surface area (Å²) in [7, 11) is 0. The van der Waals surface area contributed by atoms with Crippen molar-refractivity contribution in [2.45, 2.75) is 6.92 Å². The van der Waals surface area contributed by atoms with Crippen molar-refractivity contribution < 1.29 is 14.3 Å². The highest BCUT2D eigenvalue weighted by Crippen LogP contribution is 2.21. The van der Waals surface area contributed by atoms with Gasteiger partial charge in [0.2, 0.25) is 0 Å². The topological polar surface area (TPSA) is 91.2 Å². The Morgan fingerprint density at radius 3 is 2.56 bits per heavy atom. The molecule has 0 spiro atoms. The van der Waals surface area contributed by atoms with Crippen LogP contribution in [0.1, 0.15) is 11.1 Å². The summed E-state index contributed by atoms with van der Waals surface area (Å²) in [5, 5.41) is 15.2. The molecule has 0 radical (unpaired) electrons. The third kappa shape index (κ3) is 6.46. The Balaban J connectivity index is 1.64. The summed E-state index contributed by atoms with van der Waals surface area (Å²) in [6.07, 6.45) is 1.46. The summed E-state index contributed by atoms with van der Waals surface area (Å²) < 4.78 is 5.54. The summed E-state index contributed by atoms with van der Waals surface area (Å²) in [6.45, 7) is 1.69. The first-order chi connectivity index (χ1) is 15.4. The van der Waals surface area contributed by atoms with Gasteiger partial charge in [-0.25, -0.2) is 0 Å². The zero-order valence-electron chi connectivity index (χ0n) is 17.3. The van der Waals surface area contributed by atoms with Crippen molar-refractivity contribution in [2.75, 3.05) is 17.2 Å². The number of anilines is 2. The summed E-state index contributed by atoms with van der Waals surface area (Å²) in [5.41, 5.74) is 2.63. The Hall–Kier alpha value is -4.08. The second kappa shape index (κ2) is 10.8. The number of nitriles is 1. The van der Waals surface area contributed by atoms with E-state index in [1.54, 1.807) is 54.6 Å².